The van der Waals surface area contributed by atoms with Crippen LogP contribution in [0.15, 0.2) is 63.8 Å². The van der Waals surface area contributed by atoms with Crippen molar-refractivity contribution in [1.82, 2.24) is 0 Å². The molecule has 0 N–H and O–H groups in total. The second-order valence-electron chi connectivity index (χ2n) is 5.57. The lowest BCUT2D eigenvalue weighted by Crippen LogP contribution is -2.28. The molecule has 0 aliphatic rings. The quantitative estimate of drug-likeness (QED) is 0.488. The molecule has 3 rings (SSSR count). The van der Waals surface area contributed by atoms with Crippen LogP contribution < -0.4 is 15.3 Å². The van der Waals surface area contributed by atoms with Crippen molar-refractivity contribution < 1.29 is 13.9 Å². The molecule has 0 unspecified atom stereocenters. The number of aldehydes is 1. The second kappa shape index (κ2) is 7.66. The summed E-state index contributed by atoms with van der Waals surface area (Å²) in [4.78, 5) is 24.7. The molecule has 5 nitrogen and oxygen atoms in total. The van der Waals surface area contributed by atoms with Crippen LogP contribution >= 0.6 is 0 Å². The predicted octanol–water partition coefficient (Wildman–Crippen LogP) is 3.51. The fourth-order valence-electron chi connectivity index (χ4n) is 2.65. The first-order valence-corrected chi connectivity index (χ1v) is 8.17. The van der Waals surface area contributed by atoms with Gasteiger partial charge in [-0.1, -0.05) is 18.2 Å². The first kappa shape index (κ1) is 16.8. The highest BCUT2D eigenvalue weighted by Gasteiger charge is 2.09. The van der Waals surface area contributed by atoms with E-state index in [9.17, 15) is 9.59 Å². The molecule has 0 saturated heterocycles. The Morgan fingerprint density at radius 1 is 1.12 bits per heavy atom. The van der Waals surface area contributed by atoms with E-state index in [4.69, 9.17) is 9.15 Å². The minimum atomic E-state index is -0.616. The van der Waals surface area contributed by atoms with Gasteiger partial charge in [0.25, 0.3) is 0 Å². The van der Waals surface area contributed by atoms with Crippen LogP contribution in [-0.2, 0) is 0 Å². The Hall–Kier alpha value is -3.08. The van der Waals surface area contributed by atoms with Gasteiger partial charge in [0.05, 0.1) is 6.54 Å². The topological polar surface area (TPSA) is 59.8 Å². The van der Waals surface area contributed by atoms with Crippen molar-refractivity contribution in [3.8, 4) is 5.75 Å². The molecule has 0 saturated carbocycles. The lowest BCUT2D eigenvalue weighted by Gasteiger charge is -2.23. The number of carbonyl (C=O) groups excluding carboxylic acids is 1. The second-order valence-corrected chi connectivity index (χ2v) is 5.57. The number of rotatable bonds is 7. The van der Waals surface area contributed by atoms with Gasteiger partial charge in [-0.2, -0.15) is 0 Å². The van der Waals surface area contributed by atoms with E-state index in [1.807, 2.05) is 48.5 Å². The Kier molecular flexibility index (Phi) is 5.14. The van der Waals surface area contributed by atoms with E-state index in [1.165, 1.54) is 0 Å². The molecule has 5 heteroatoms. The van der Waals surface area contributed by atoms with Gasteiger partial charge in [-0.15, -0.1) is 0 Å². The number of para-hydroxylation sites is 1. The molecule has 0 spiro atoms. The molecule has 0 atom stereocenters. The van der Waals surface area contributed by atoms with Gasteiger partial charge in [-0.25, -0.2) is 4.79 Å². The van der Waals surface area contributed by atoms with E-state index >= 15 is 0 Å². The molecule has 128 valence electrons. The SMILES string of the molecule is CCN(CCOc1ccccc1)c1ccc2cc(C=O)c(=O)oc2c1. The Balaban J connectivity index is 1.76. The number of nitrogens with zero attached hydrogens (tertiary/aromatic N) is 1. The third kappa shape index (κ3) is 3.88. The van der Waals surface area contributed by atoms with Crippen molar-refractivity contribution in [2.75, 3.05) is 24.6 Å². The van der Waals surface area contributed by atoms with Crippen molar-refractivity contribution in [3.05, 3.63) is 70.6 Å². The first-order chi connectivity index (χ1) is 12.2. The molecule has 0 aliphatic carbocycles. The molecule has 0 aliphatic heterocycles. The van der Waals surface area contributed by atoms with E-state index in [0.717, 1.165) is 23.4 Å². The predicted molar refractivity (Wildman–Crippen MR) is 97.7 cm³/mol. The van der Waals surface area contributed by atoms with Crippen molar-refractivity contribution in [1.29, 1.82) is 0 Å². The van der Waals surface area contributed by atoms with Crippen molar-refractivity contribution in [3.63, 3.8) is 0 Å². The van der Waals surface area contributed by atoms with Gasteiger partial charge in [0.2, 0.25) is 0 Å². The van der Waals surface area contributed by atoms with Crippen LogP contribution in [0.4, 0.5) is 5.69 Å². The van der Waals surface area contributed by atoms with Crippen molar-refractivity contribution in [2.24, 2.45) is 0 Å². The van der Waals surface area contributed by atoms with Gasteiger partial charge in [0.15, 0.2) is 6.29 Å². The maximum atomic E-state index is 11.7. The van der Waals surface area contributed by atoms with Gasteiger partial charge in [-0.3, -0.25) is 4.79 Å². The molecule has 0 bridgehead atoms. The van der Waals surface area contributed by atoms with Crippen LogP contribution in [0.1, 0.15) is 17.3 Å². The van der Waals surface area contributed by atoms with Gasteiger partial charge in [0.1, 0.15) is 23.5 Å². The minimum Gasteiger partial charge on any atom is -0.492 e. The zero-order chi connectivity index (χ0) is 17.6. The molecule has 0 fully saturated rings. The van der Waals surface area contributed by atoms with Gasteiger partial charge < -0.3 is 14.1 Å². The number of hydrogen-bond acceptors (Lipinski definition) is 5. The maximum Gasteiger partial charge on any atom is 0.346 e. The zero-order valence-electron chi connectivity index (χ0n) is 14.0. The number of benzene rings is 2. The summed E-state index contributed by atoms with van der Waals surface area (Å²) in [5.41, 5.74) is 0.822. The molecule has 2 aromatic carbocycles. The standard InChI is InChI=1S/C20H19NO4/c1-2-21(10-11-24-18-6-4-3-5-7-18)17-9-8-15-12-16(14-22)20(23)25-19(15)13-17/h3-9,12-14H,2,10-11H2,1H3. The number of carbonyl (C=O) groups is 1. The monoisotopic (exact) mass is 337 g/mol. The van der Waals surface area contributed by atoms with E-state index in [2.05, 4.69) is 11.8 Å². The smallest absolute Gasteiger partial charge is 0.346 e. The van der Waals surface area contributed by atoms with Crippen LogP contribution in [-0.4, -0.2) is 26.0 Å². The number of likely N-dealkylation sites (N-methyl/N-ethyl adjacent to an activating group) is 1. The fraction of sp³-hybridized carbons (Fsp3) is 0.200. The summed E-state index contributed by atoms with van der Waals surface area (Å²) in [6, 6.07) is 16.8. The number of ether oxygens (including phenoxy) is 1. The average molecular weight is 337 g/mol. The van der Waals surface area contributed by atoms with Crippen molar-refractivity contribution in [2.45, 2.75) is 6.92 Å². The molecule has 25 heavy (non-hydrogen) atoms. The lowest BCUT2D eigenvalue weighted by molar-refractivity contribution is 0.112. The molecule has 0 radical (unpaired) electrons. The van der Waals surface area contributed by atoms with Crippen LogP contribution in [0.25, 0.3) is 11.0 Å². The maximum absolute atomic E-state index is 11.7. The average Bonchev–Trinajstić information content (AvgIpc) is 2.65. The van der Waals surface area contributed by atoms with E-state index in [1.54, 1.807) is 6.07 Å². The molecular weight excluding hydrogens is 318 g/mol. The first-order valence-electron chi connectivity index (χ1n) is 8.17. The largest absolute Gasteiger partial charge is 0.492 e. The molecule has 3 aromatic rings. The molecular formula is C20H19NO4. The molecule has 1 heterocycles. The van der Waals surface area contributed by atoms with Crippen LogP contribution in [0.3, 0.4) is 0 Å². The normalized spacial score (nSPS) is 10.6. The Bertz CT molecular complexity index is 918. The summed E-state index contributed by atoms with van der Waals surface area (Å²) in [6.45, 7) is 4.09. The third-order valence-corrected chi connectivity index (χ3v) is 3.99. The number of hydrogen-bond donors (Lipinski definition) is 0. The van der Waals surface area contributed by atoms with Crippen LogP contribution in [0, 0.1) is 0 Å². The molecule has 1 aromatic heterocycles. The lowest BCUT2D eigenvalue weighted by atomic mass is 10.1. The summed E-state index contributed by atoms with van der Waals surface area (Å²) in [6.07, 6.45) is 0.512. The Morgan fingerprint density at radius 2 is 1.92 bits per heavy atom. The summed E-state index contributed by atoms with van der Waals surface area (Å²) >= 11 is 0. The minimum absolute atomic E-state index is 0.0314. The van der Waals surface area contributed by atoms with E-state index in [-0.39, 0.29) is 5.56 Å². The highest BCUT2D eigenvalue weighted by Crippen LogP contribution is 2.22. The zero-order valence-corrected chi connectivity index (χ0v) is 14.0. The summed E-state index contributed by atoms with van der Waals surface area (Å²) in [5, 5.41) is 0.724. The van der Waals surface area contributed by atoms with Gasteiger partial charge >= 0.3 is 5.63 Å². The summed E-state index contributed by atoms with van der Waals surface area (Å²) in [7, 11) is 0. The van der Waals surface area contributed by atoms with E-state index < -0.39 is 5.63 Å². The number of fused-ring (bicyclic) bond motifs is 1. The highest BCUT2D eigenvalue weighted by atomic mass is 16.5. The Morgan fingerprint density at radius 3 is 2.64 bits per heavy atom. The van der Waals surface area contributed by atoms with Gasteiger partial charge in [0, 0.05) is 23.7 Å². The highest BCUT2D eigenvalue weighted by molar-refractivity contribution is 5.86. The van der Waals surface area contributed by atoms with Crippen LogP contribution in [0.2, 0.25) is 0 Å². The third-order valence-electron chi connectivity index (χ3n) is 3.99. The van der Waals surface area contributed by atoms with Crippen LogP contribution in [0.5, 0.6) is 5.75 Å². The fourth-order valence-corrected chi connectivity index (χ4v) is 2.65. The molecule has 0 amide bonds. The van der Waals surface area contributed by atoms with E-state index in [0.29, 0.717) is 25.0 Å². The number of anilines is 1. The van der Waals surface area contributed by atoms with Gasteiger partial charge in [-0.05, 0) is 37.3 Å². The Labute approximate surface area is 145 Å². The van der Waals surface area contributed by atoms with Crippen molar-refractivity contribution >= 4 is 22.9 Å². The summed E-state index contributed by atoms with van der Waals surface area (Å²) < 4.78 is 11.0. The summed E-state index contributed by atoms with van der Waals surface area (Å²) in [5.74, 6) is 0.837.